The molecule has 134 valence electrons. The van der Waals surface area contributed by atoms with Gasteiger partial charge in [0.15, 0.2) is 0 Å². The average molecular weight is 380 g/mol. The number of rotatable bonds is 8. The van der Waals surface area contributed by atoms with Gasteiger partial charge in [0.25, 0.3) is 0 Å². The molecule has 0 aliphatic rings. The van der Waals surface area contributed by atoms with Gasteiger partial charge in [-0.2, -0.15) is 0 Å². The molecule has 7 heteroatoms. The molecule has 5 nitrogen and oxygen atoms in total. The fourth-order valence-electron chi connectivity index (χ4n) is 2.05. The van der Waals surface area contributed by atoms with Gasteiger partial charge in [0.2, 0.25) is 10.0 Å². The second kappa shape index (κ2) is 9.03. The molecule has 0 fully saturated rings. The number of carbonyl (C=O) groups is 1. The molecule has 0 heterocycles. The number of aryl methyl sites for hydroxylation is 1. The summed E-state index contributed by atoms with van der Waals surface area (Å²) >= 11 is 1.64. The summed E-state index contributed by atoms with van der Waals surface area (Å²) in [5, 5.41) is 0. The lowest BCUT2D eigenvalue weighted by molar-refractivity contribution is -0.144. The van der Waals surface area contributed by atoms with Crippen LogP contribution in [0.25, 0.3) is 0 Å². The molecule has 0 bridgehead atoms. The molecule has 25 heavy (non-hydrogen) atoms. The van der Waals surface area contributed by atoms with Crippen molar-refractivity contribution < 1.29 is 17.9 Å². The zero-order valence-corrected chi connectivity index (χ0v) is 15.8. The molecule has 0 saturated carbocycles. The van der Waals surface area contributed by atoms with E-state index in [1.54, 1.807) is 23.9 Å². The summed E-state index contributed by atoms with van der Waals surface area (Å²) in [5.74, 6) is -0.444. The van der Waals surface area contributed by atoms with Gasteiger partial charge in [-0.1, -0.05) is 29.8 Å². The molecular weight excluding hydrogens is 358 g/mol. The maximum Gasteiger partial charge on any atom is 0.307 e. The highest BCUT2D eigenvalue weighted by Crippen LogP contribution is 2.15. The van der Waals surface area contributed by atoms with Crippen LogP contribution in [0.1, 0.15) is 17.5 Å². The minimum absolute atomic E-state index is 0.000452. The Hall–Kier alpha value is -1.83. The highest BCUT2D eigenvalue weighted by molar-refractivity contribution is 7.98. The molecule has 0 unspecified atom stereocenters. The van der Waals surface area contributed by atoms with E-state index in [1.807, 2.05) is 37.4 Å². The summed E-state index contributed by atoms with van der Waals surface area (Å²) in [6, 6.07) is 14.3. The van der Waals surface area contributed by atoms with Gasteiger partial charge in [-0.25, -0.2) is 13.1 Å². The van der Waals surface area contributed by atoms with Gasteiger partial charge in [0.1, 0.15) is 6.61 Å². The van der Waals surface area contributed by atoms with Crippen LogP contribution in [-0.2, 0) is 26.2 Å². The Bertz CT molecular complexity index is 800. The third-order valence-corrected chi connectivity index (χ3v) is 5.73. The second-order valence-electron chi connectivity index (χ2n) is 5.47. The normalized spacial score (nSPS) is 11.3. The first-order chi connectivity index (χ1) is 11.9. The molecule has 0 radical (unpaired) electrons. The Kier molecular flexibility index (Phi) is 7.04. The van der Waals surface area contributed by atoms with Crippen LogP contribution in [-0.4, -0.2) is 27.2 Å². The van der Waals surface area contributed by atoms with E-state index in [-0.39, 0.29) is 24.5 Å². The summed E-state index contributed by atoms with van der Waals surface area (Å²) < 4.78 is 31.8. The van der Waals surface area contributed by atoms with E-state index in [0.717, 1.165) is 16.0 Å². The molecule has 0 spiro atoms. The van der Waals surface area contributed by atoms with E-state index in [9.17, 15) is 13.2 Å². The van der Waals surface area contributed by atoms with Crippen molar-refractivity contribution in [3.63, 3.8) is 0 Å². The van der Waals surface area contributed by atoms with Crippen molar-refractivity contribution in [1.29, 1.82) is 0 Å². The average Bonchev–Trinajstić information content (AvgIpc) is 2.60. The third kappa shape index (κ3) is 6.19. The monoisotopic (exact) mass is 379 g/mol. The van der Waals surface area contributed by atoms with Crippen LogP contribution in [0.15, 0.2) is 58.3 Å². The Balaban J connectivity index is 1.76. The molecule has 0 amide bonds. The number of sulfonamides is 1. The highest BCUT2D eigenvalue weighted by atomic mass is 32.2. The van der Waals surface area contributed by atoms with Crippen LogP contribution < -0.4 is 4.72 Å². The quantitative estimate of drug-likeness (QED) is 0.563. The zero-order valence-electron chi connectivity index (χ0n) is 14.2. The number of hydrogen-bond acceptors (Lipinski definition) is 5. The summed E-state index contributed by atoms with van der Waals surface area (Å²) in [6.07, 6.45) is 1.97. The lowest BCUT2D eigenvalue weighted by Crippen LogP contribution is -2.26. The first-order valence-corrected chi connectivity index (χ1v) is 10.5. The highest BCUT2D eigenvalue weighted by Gasteiger charge is 2.14. The number of thioether (sulfide) groups is 1. The molecule has 2 rings (SSSR count). The van der Waals surface area contributed by atoms with Crippen molar-refractivity contribution >= 4 is 27.8 Å². The van der Waals surface area contributed by atoms with Crippen molar-refractivity contribution in [2.75, 3.05) is 12.8 Å². The van der Waals surface area contributed by atoms with E-state index < -0.39 is 16.0 Å². The maximum atomic E-state index is 12.1. The molecule has 2 aromatic carbocycles. The van der Waals surface area contributed by atoms with Crippen molar-refractivity contribution in [1.82, 2.24) is 4.72 Å². The summed E-state index contributed by atoms with van der Waals surface area (Å²) in [6.45, 7) is 2.06. The smallest absolute Gasteiger partial charge is 0.307 e. The van der Waals surface area contributed by atoms with E-state index >= 15 is 0 Å². The minimum atomic E-state index is -3.61. The van der Waals surface area contributed by atoms with E-state index in [0.29, 0.717) is 0 Å². The fraction of sp³-hybridized carbons (Fsp3) is 0.278. The molecule has 0 aromatic heterocycles. The van der Waals surface area contributed by atoms with Crippen molar-refractivity contribution in [3.8, 4) is 0 Å². The topological polar surface area (TPSA) is 72.5 Å². The van der Waals surface area contributed by atoms with Crippen LogP contribution in [0.5, 0.6) is 0 Å². The van der Waals surface area contributed by atoms with Gasteiger partial charge in [-0.15, -0.1) is 11.8 Å². The molecule has 1 N–H and O–H groups in total. The number of hydrogen-bond donors (Lipinski definition) is 1. The van der Waals surface area contributed by atoms with Crippen molar-refractivity contribution in [2.24, 2.45) is 0 Å². The Morgan fingerprint density at radius 1 is 1.08 bits per heavy atom. The number of benzene rings is 2. The number of esters is 1. The van der Waals surface area contributed by atoms with Crippen molar-refractivity contribution in [3.05, 3.63) is 59.7 Å². The zero-order chi connectivity index (χ0) is 18.3. The largest absolute Gasteiger partial charge is 0.461 e. The Morgan fingerprint density at radius 3 is 2.32 bits per heavy atom. The number of nitrogens with one attached hydrogen (secondary N) is 1. The predicted octanol–water partition coefficient (Wildman–Crippen LogP) is 3.13. The van der Waals surface area contributed by atoms with Crippen LogP contribution in [0.4, 0.5) is 0 Å². The van der Waals surface area contributed by atoms with Gasteiger partial charge >= 0.3 is 5.97 Å². The van der Waals surface area contributed by atoms with Crippen molar-refractivity contribution in [2.45, 2.75) is 29.7 Å². The summed E-state index contributed by atoms with van der Waals surface area (Å²) in [5.41, 5.74) is 1.87. The molecule has 0 aliphatic carbocycles. The van der Waals surface area contributed by atoms with Gasteiger partial charge in [0.05, 0.1) is 11.3 Å². The predicted molar refractivity (Wildman–Crippen MR) is 99.0 cm³/mol. The molecular formula is C18H21NO4S2. The molecule has 2 aromatic rings. The van der Waals surface area contributed by atoms with E-state index in [2.05, 4.69) is 4.72 Å². The number of carbonyl (C=O) groups excluding carboxylic acids is 1. The van der Waals surface area contributed by atoms with Crippen LogP contribution >= 0.6 is 11.8 Å². The van der Waals surface area contributed by atoms with Gasteiger partial charge in [-0.3, -0.25) is 4.79 Å². The summed E-state index contributed by atoms with van der Waals surface area (Å²) in [7, 11) is -3.61. The van der Waals surface area contributed by atoms with Crippen LogP contribution in [0.2, 0.25) is 0 Å². The van der Waals surface area contributed by atoms with Crippen LogP contribution in [0, 0.1) is 6.92 Å². The molecule has 0 atom stereocenters. The first-order valence-electron chi connectivity index (χ1n) is 7.75. The second-order valence-corrected chi connectivity index (χ2v) is 8.12. The lowest BCUT2D eigenvalue weighted by atomic mass is 10.2. The molecule has 0 aliphatic heterocycles. The van der Waals surface area contributed by atoms with Gasteiger partial charge < -0.3 is 4.74 Å². The lowest BCUT2D eigenvalue weighted by Gasteiger charge is -2.08. The maximum absolute atomic E-state index is 12.1. The van der Waals surface area contributed by atoms with Crippen LogP contribution in [0.3, 0.4) is 0 Å². The molecule has 0 saturated heterocycles. The first kappa shape index (κ1) is 19.5. The van der Waals surface area contributed by atoms with E-state index in [1.165, 1.54) is 12.1 Å². The summed E-state index contributed by atoms with van der Waals surface area (Å²) in [4.78, 5) is 13.1. The number of ether oxygens (including phenoxy) is 1. The van der Waals surface area contributed by atoms with E-state index in [4.69, 9.17) is 4.74 Å². The third-order valence-electron chi connectivity index (χ3n) is 3.51. The Morgan fingerprint density at radius 2 is 1.72 bits per heavy atom. The van der Waals surface area contributed by atoms with Gasteiger partial charge in [-0.05, 0) is 43.0 Å². The Labute approximate surface area is 152 Å². The SMILES string of the molecule is CSc1ccc(COC(=O)CCNS(=O)(=O)c2ccc(C)cc2)cc1. The van der Waals surface area contributed by atoms with Gasteiger partial charge in [0, 0.05) is 11.4 Å². The standard InChI is InChI=1S/C18H21NO4S2/c1-14-3-9-17(10-4-14)25(21,22)19-12-11-18(20)23-13-15-5-7-16(24-2)8-6-15/h3-10,19H,11-13H2,1-2H3. The fourth-order valence-corrected chi connectivity index (χ4v) is 3.49. The minimum Gasteiger partial charge on any atom is -0.461 e.